The van der Waals surface area contributed by atoms with Crippen LogP contribution in [0.1, 0.15) is 21.8 Å². The second-order valence-electron chi connectivity index (χ2n) is 3.28. The highest BCUT2D eigenvalue weighted by Crippen LogP contribution is 2.19. The maximum absolute atomic E-state index is 10.8. The molecule has 0 bridgehead atoms. The number of rotatable bonds is 2. The predicted octanol–water partition coefficient (Wildman–Crippen LogP) is 1.61. The van der Waals surface area contributed by atoms with Gasteiger partial charge >= 0.3 is 5.97 Å². The molecule has 2 rings (SSSR count). The molecule has 0 saturated carbocycles. The van der Waals surface area contributed by atoms with Crippen molar-refractivity contribution in [2.24, 2.45) is 0 Å². The third-order valence-electron chi connectivity index (χ3n) is 2.10. The summed E-state index contributed by atoms with van der Waals surface area (Å²) in [5.41, 5.74) is 1.09. The van der Waals surface area contributed by atoms with Crippen LogP contribution >= 0.6 is 0 Å². The van der Waals surface area contributed by atoms with Gasteiger partial charge in [0.05, 0.1) is 11.3 Å². The highest BCUT2D eigenvalue weighted by molar-refractivity contribution is 5.85. The Balaban J connectivity index is 2.43. The lowest BCUT2D eigenvalue weighted by Crippen LogP contribution is -1.95. The Morgan fingerprint density at radius 2 is 2.29 bits per heavy atom. The second-order valence-corrected chi connectivity index (χ2v) is 3.28. The monoisotopic (exact) mass is 229 g/mol. The Kier molecular flexibility index (Phi) is 2.58. The van der Waals surface area contributed by atoms with Crippen LogP contribution in [0.25, 0.3) is 11.6 Å². The molecule has 1 N–H and O–H groups in total. The SMILES string of the molecule is Cc1nc(-c2ccc(C#N)cn2)oc1C(=O)O. The van der Waals surface area contributed by atoms with Crippen molar-refractivity contribution in [1.29, 1.82) is 5.26 Å². The summed E-state index contributed by atoms with van der Waals surface area (Å²) in [7, 11) is 0. The van der Waals surface area contributed by atoms with Gasteiger partial charge in [0.15, 0.2) is 0 Å². The number of carboxylic acid groups (broad SMARTS) is 1. The van der Waals surface area contributed by atoms with E-state index in [-0.39, 0.29) is 11.7 Å². The van der Waals surface area contributed by atoms with E-state index in [9.17, 15) is 4.79 Å². The first-order valence-corrected chi connectivity index (χ1v) is 4.69. The molecule has 84 valence electrons. The molecule has 0 amide bonds. The number of oxazole rings is 1. The normalized spacial score (nSPS) is 9.88. The standard InChI is InChI=1S/C11H7N3O3/c1-6-9(11(15)16)17-10(14-6)8-3-2-7(4-12)5-13-8/h2-3,5H,1H3,(H,15,16). The minimum Gasteiger partial charge on any atom is -0.475 e. The molecule has 2 heterocycles. The number of carbonyl (C=O) groups is 1. The number of aromatic carboxylic acids is 1. The Hall–Kier alpha value is -2.68. The zero-order valence-corrected chi connectivity index (χ0v) is 8.84. The maximum Gasteiger partial charge on any atom is 0.373 e. The highest BCUT2D eigenvalue weighted by Gasteiger charge is 2.17. The molecule has 6 heteroatoms. The summed E-state index contributed by atoms with van der Waals surface area (Å²) in [6.45, 7) is 1.54. The molecular weight excluding hydrogens is 222 g/mol. The van der Waals surface area contributed by atoms with Crippen LogP contribution in [0, 0.1) is 18.3 Å². The number of nitriles is 1. The fourth-order valence-electron chi connectivity index (χ4n) is 1.29. The van der Waals surface area contributed by atoms with Crippen molar-refractivity contribution >= 4 is 5.97 Å². The summed E-state index contributed by atoms with van der Waals surface area (Å²) in [5.74, 6) is -1.24. The van der Waals surface area contributed by atoms with Gasteiger partial charge in [-0.15, -0.1) is 0 Å². The van der Waals surface area contributed by atoms with Crippen molar-refractivity contribution in [3.05, 3.63) is 35.3 Å². The number of aryl methyl sites for hydroxylation is 1. The van der Waals surface area contributed by atoms with E-state index < -0.39 is 5.97 Å². The Morgan fingerprint density at radius 3 is 2.76 bits per heavy atom. The van der Waals surface area contributed by atoms with Gasteiger partial charge in [0.1, 0.15) is 11.8 Å². The van der Waals surface area contributed by atoms with Crippen LogP contribution in [0.4, 0.5) is 0 Å². The van der Waals surface area contributed by atoms with E-state index in [1.807, 2.05) is 6.07 Å². The van der Waals surface area contributed by atoms with Crippen LogP contribution in [0.15, 0.2) is 22.7 Å². The number of pyridine rings is 1. The molecule has 2 aromatic rings. The van der Waals surface area contributed by atoms with Crippen molar-refractivity contribution in [3.63, 3.8) is 0 Å². The van der Waals surface area contributed by atoms with Crippen LogP contribution in [0.3, 0.4) is 0 Å². The number of hydrogen-bond donors (Lipinski definition) is 1. The van der Waals surface area contributed by atoms with E-state index in [0.29, 0.717) is 17.0 Å². The quantitative estimate of drug-likeness (QED) is 0.839. The minimum absolute atomic E-state index is 0.129. The molecule has 0 aromatic carbocycles. The molecule has 0 aliphatic carbocycles. The van der Waals surface area contributed by atoms with Gasteiger partial charge in [0.2, 0.25) is 11.7 Å². The smallest absolute Gasteiger partial charge is 0.373 e. The van der Waals surface area contributed by atoms with Crippen LogP contribution in [-0.4, -0.2) is 21.0 Å². The zero-order chi connectivity index (χ0) is 12.4. The molecule has 17 heavy (non-hydrogen) atoms. The van der Waals surface area contributed by atoms with Crippen molar-refractivity contribution in [2.45, 2.75) is 6.92 Å². The van der Waals surface area contributed by atoms with Crippen LogP contribution in [-0.2, 0) is 0 Å². The predicted molar refractivity (Wildman–Crippen MR) is 56.1 cm³/mol. The van der Waals surface area contributed by atoms with Gasteiger partial charge in [0, 0.05) is 6.20 Å². The first-order valence-electron chi connectivity index (χ1n) is 4.69. The number of hydrogen-bond acceptors (Lipinski definition) is 5. The van der Waals surface area contributed by atoms with Gasteiger partial charge in [-0.1, -0.05) is 0 Å². The Bertz CT molecular complexity index is 608. The van der Waals surface area contributed by atoms with E-state index in [0.717, 1.165) is 0 Å². The van der Waals surface area contributed by atoms with Crippen LogP contribution in [0.2, 0.25) is 0 Å². The number of aromatic nitrogens is 2. The van der Waals surface area contributed by atoms with Crippen LogP contribution < -0.4 is 0 Å². The summed E-state index contributed by atoms with van der Waals surface area (Å²) >= 11 is 0. The van der Waals surface area contributed by atoms with Gasteiger partial charge in [-0.25, -0.2) is 14.8 Å². The average molecular weight is 229 g/mol. The molecule has 6 nitrogen and oxygen atoms in total. The number of nitrogens with zero attached hydrogens (tertiary/aromatic N) is 3. The molecule has 0 atom stereocenters. The molecule has 0 unspecified atom stereocenters. The number of carboxylic acids is 1. The molecular formula is C11H7N3O3. The lowest BCUT2D eigenvalue weighted by molar-refractivity contribution is 0.0662. The highest BCUT2D eigenvalue weighted by atomic mass is 16.4. The molecule has 0 aliphatic rings. The van der Waals surface area contributed by atoms with Gasteiger partial charge in [-0.2, -0.15) is 5.26 Å². The summed E-state index contributed by atoms with van der Waals surface area (Å²) < 4.78 is 5.08. The van der Waals surface area contributed by atoms with Gasteiger partial charge in [0.25, 0.3) is 0 Å². The lowest BCUT2D eigenvalue weighted by Gasteiger charge is -1.93. The third kappa shape index (κ3) is 1.99. The van der Waals surface area contributed by atoms with E-state index in [1.165, 1.54) is 6.20 Å². The average Bonchev–Trinajstić information content (AvgIpc) is 2.71. The van der Waals surface area contributed by atoms with Crippen molar-refractivity contribution < 1.29 is 14.3 Å². The Labute approximate surface area is 96.2 Å². The van der Waals surface area contributed by atoms with Gasteiger partial charge < -0.3 is 9.52 Å². The van der Waals surface area contributed by atoms with Crippen molar-refractivity contribution in [2.75, 3.05) is 0 Å². The van der Waals surface area contributed by atoms with Crippen LogP contribution in [0.5, 0.6) is 0 Å². The van der Waals surface area contributed by atoms with Crippen molar-refractivity contribution in [1.82, 2.24) is 9.97 Å². The fraction of sp³-hybridized carbons (Fsp3) is 0.0909. The summed E-state index contributed by atoms with van der Waals surface area (Å²) in [5, 5.41) is 17.4. The second kappa shape index (κ2) is 4.06. The third-order valence-corrected chi connectivity index (χ3v) is 2.10. The van der Waals surface area contributed by atoms with Gasteiger partial charge in [-0.3, -0.25) is 0 Å². The van der Waals surface area contributed by atoms with E-state index in [4.69, 9.17) is 14.8 Å². The minimum atomic E-state index is -1.17. The van der Waals surface area contributed by atoms with E-state index >= 15 is 0 Å². The zero-order valence-electron chi connectivity index (χ0n) is 8.84. The summed E-state index contributed by atoms with van der Waals surface area (Å²) in [6.07, 6.45) is 1.37. The van der Waals surface area contributed by atoms with Crippen molar-refractivity contribution in [3.8, 4) is 17.7 Å². The van der Waals surface area contributed by atoms with Gasteiger partial charge in [-0.05, 0) is 19.1 Å². The van der Waals surface area contributed by atoms with E-state index in [2.05, 4.69) is 9.97 Å². The molecule has 0 radical (unpaired) electrons. The molecule has 0 saturated heterocycles. The molecule has 0 aliphatic heterocycles. The largest absolute Gasteiger partial charge is 0.475 e. The molecule has 0 fully saturated rings. The molecule has 2 aromatic heterocycles. The maximum atomic E-state index is 10.8. The molecule has 0 spiro atoms. The van der Waals surface area contributed by atoms with E-state index in [1.54, 1.807) is 19.1 Å². The summed E-state index contributed by atoms with van der Waals surface area (Å²) in [4.78, 5) is 18.7. The topological polar surface area (TPSA) is 100 Å². The lowest BCUT2D eigenvalue weighted by atomic mass is 10.3. The summed E-state index contributed by atoms with van der Waals surface area (Å²) in [6, 6.07) is 5.04. The first kappa shape index (κ1) is 10.8. The Morgan fingerprint density at radius 1 is 1.53 bits per heavy atom. The fourth-order valence-corrected chi connectivity index (χ4v) is 1.29. The first-order chi connectivity index (χ1) is 8.11.